The first-order valence-corrected chi connectivity index (χ1v) is 13.0. The van der Waals surface area contributed by atoms with Crippen molar-refractivity contribution >= 4 is 17.9 Å². The van der Waals surface area contributed by atoms with E-state index in [0.29, 0.717) is 30.0 Å². The molecule has 4 aromatic rings. The Labute approximate surface area is 225 Å². The fraction of sp³-hybridized carbons (Fsp3) is 0.462. The monoisotopic (exact) mass is 530 g/mol. The van der Waals surface area contributed by atoms with E-state index in [4.69, 9.17) is 9.15 Å². The summed E-state index contributed by atoms with van der Waals surface area (Å²) in [5, 5.41) is 20.2. The van der Waals surface area contributed by atoms with Gasteiger partial charge >= 0.3 is 12.0 Å². The van der Waals surface area contributed by atoms with Gasteiger partial charge in [0.05, 0.1) is 22.9 Å². The van der Waals surface area contributed by atoms with Crippen molar-refractivity contribution in [3.8, 4) is 11.5 Å². The van der Waals surface area contributed by atoms with E-state index in [1.54, 1.807) is 12.4 Å². The van der Waals surface area contributed by atoms with Crippen molar-refractivity contribution in [1.29, 1.82) is 0 Å². The van der Waals surface area contributed by atoms with Crippen molar-refractivity contribution in [2.45, 2.75) is 58.7 Å². The zero-order valence-electron chi connectivity index (χ0n) is 22.1. The number of pyridine rings is 1. The number of nitrogens with one attached hydrogen (secondary N) is 1. The minimum absolute atomic E-state index is 0.0362. The molecule has 6 rings (SSSR count). The molecule has 2 atom stereocenters. The molecule has 5 heterocycles. The highest BCUT2D eigenvalue weighted by molar-refractivity contribution is 5.75. The average molecular weight is 531 g/mol. The van der Waals surface area contributed by atoms with Gasteiger partial charge in [0.15, 0.2) is 6.73 Å². The third-order valence-corrected chi connectivity index (χ3v) is 6.91. The van der Waals surface area contributed by atoms with Gasteiger partial charge in [0.2, 0.25) is 5.95 Å². The number of carbonyl (C=O) groups is 1. The molecule has 0 aromatic carbocycles. The Morgan fingerprint density at radius 3 is 2.79 bits per heavy atom. The van der Waals surface area contributed by atoms with E-state index in [9.17, 15) is 4.79 Å². The molecule has 0 radical (unpaired) electrons. The summed E-state index contributed by atoms with van der Waals surface area (Å²) in [7, 11) is 0. The molecule has 0 saturated carbocycles. The Kier molecular flexibility index (Phi) is 6.41. The summed E-state index contributed by atoms with van der Waals surface area (Å²) in [6.07, 6.45) is 9.63. The van der Waals surface area contributed by atoms with Crippen molar-refractivity contribution in [2.75, 3.05) is 23.3 Å². The third-order valence-electron chi connectivity index (χ3n) is 6.91. The molecule has 1 saturated heterocycles. The second-order valence-electron chi connectivity index (χ2n) is 11.0. The van der Waals surface area contributed by atoms with Crippen LogP contribution in [0.2, 0.25) is 0 Å². The molecule has 13 heteroatoms. The minimum atomic E-state index is -0.565. The second-order valence-corrected chi connectivity index (χ2v) is 11.0. The highest BCUT2D eigenvalue weighted by atomic mass is 16.5. The zero-order valence-corrected chi connectivity index (χ0v) is 22.1. The fourth-order valence-corrected chi connectivity index (χ4v) is 4.75. The van der Waals surface area contributed by atoms with Gasteiger partial charge in [-0.15, -0.1) is 10.2 Å². The molecule has 202 valence electrons. The molecule has 13 nitrogen and oxygen atoms in total. The number of ether oxygens (including phenoxy) is 1. The van der Waals surface area contributed by atoms with Crippen LogP contribution in [0.5, 0.6) is 0 Å². The van der Waals surface area contributed by atoms with Crippen LogP contribution in [0.3, 0.4) is 0 Å². The van der Waals surface area contributed by atoms with Crippen LogP contribution in [0.1, 0.15) is 50.1 Å². The lowest BCUT2D eigenvalue weighted by molar-refractivity contribution is -0.157. The Bertz CT molecular complexity index is 1430. The summed E-state index contributed by atoms with van der Waals surface area (Å²) in [5.41, 5.74) is 3.31. The molecule has 1 N–H and O–H groups in total. The number of carbonyl (C=O) groups excluding carboxylic acids is 1. The van der Waals surface area contributed by atoms with E-state index < -0.39 is 5.41 Å². The number of hydrogen-bond acceptors (Lipinski definition) is 12. The molecule has 0 amide bonds. The first kappa shape index (κ1) is 24.9. The van der Waals surface area contributed by atoms with Crippen molar-refractivity contribution < 1.29 is 13.9 Å². The van der Waals surface area contributed by atoms with Crippen molar-refractivity contribution in [1.82, 2.24) is 40.1 Å². The fourth-order valence-electron chi connectivity index (χ4n) is 4.75. The molecule has 39 heavy (non-hydrogen) atoms. The van der Waals surface area contributed by atoms with Gasteiger partial charge in [-0.3, -0.25) is 9.78 Å². The SMILES string of the molecule is CC(C)(C)C(=O)OCn1cc(C2CCN(c3nnc(-c4cnc(NC5Cc6cccnc6C5)nc4)o3)C2)nn1. The second kappa shape index (κ2) is 10.0. The molecule has 2 unspecified atom stereocenters. The van der Waals surface area contributed by atoms with Gasteiger partial charge in [0.1, 0.15) is 0 Å². The molecule has 0 spiro atoms. The van der Waals surface area contributed by atoms with Gasteiger partial charge in [0.25, 0.3) is 5.89 Å². The first-order chi connectivity index (χ1) is 18.8. The zero-order chi connectivity index (χ0) is 27.0. The number of anilines is 2. The predicted octanol–water partition coefficient (Wildman–Crippen LogP) is 2.63. The van der Waals surface area contributed by atoms with E-state index in [1.807, 2.05) is 44.1 Å². The Morgan fingerprint density at radius 2 is 2.00 bits per heavy atom. The lowest BCUT2D eigenvalue weighted by Gasteiger charge is -2.16. The van der Waals surface area contributed by atoms with Gasteiger partial charge in [-0.25, -0.2) is 14.6 Å². The molecule has 4 aromatic heterocycles. The lowest BCUT2D eigenvalue weighted by Crippen LogP contribution is -2.24. The maximum atomic E-state index is 12.0. The Hall–Kier alpha value is -4.42. The highest BCUT2D eigenvalue weighted by Crippen LogP contribution is 2.30. The van der Waals surface area contributed by atoms with E-state index in [1.165, 1.54) is 10.2 Å². The summed E-state index contributed by atoms with van der Waals surface area (Å²) in [5.74, 6) is 0.787. The van der Waals surface area contributed by atoms with Gasteiger partial charge in [-0.1, -0.05) is 16.4 Å². The van der Waals surface area contributed by atoms with Crippen LogP contribution in [-0.2, 0) is 29.1 Å². The molecule has 1 aliphatic carbocycles. The molecule has 2 aliphatic rings. The highest BCUT2D eigenvalue weighted by Gasteiger charge is 2.30. The number of esters is 1. The van der Waals surface area contributed by atoms with E-state index >= 15 is 0 Å². The number of rotatable bonds is 7. The molecule has 1 aliphatic heterocycles. The quantitative estimate of drug-likeness (QED) is 0.350. The van der Waals surface area contributed by atoms with Gasteiger partial charge in [-0.2, -0.15) is 0 Å². The minimum Gasteiger partial charge on any atom is -0.442 e. The largest absolute Gasteiger partial charge is 0.442 e. The predicted molar refractivity (Wildman–Crippen MR) is 140 cm³/mol. The standard InChI is InChI=1S/C26H30N10O3/c1-26(2,3)23(37)38-15-36-14-21(31-34-36)17-6-8-35(13-17)25-33-32-22(39-25)18-11-28-24(29-12-18)30-19-9-16-5-4-7-27-20(16)10-19/h4-5,7,11-12,14,17,19H,6,8-10,13,15H2,1-3H3,(H,28,29,30). The van der Waals surface area contributed by atoms with Crippen molar-refractivity contribution in [3.63, 3.8) is 0 Å². The third kappa shape index (κ3) is 5.42. The maximum absolute atomic E-state index is 12.0. The maximum Gasteiger partial charge on any atom is 0.318 e. The number of hydrogen-bond donors (Lipinski definition) is 1. The van der Waals surface area contributed by atoms with Crippen LogP contribution in [-0.4, -0.2) is 65.2 Å². The molecule has 1 fully saturated rings. The summed E-state index contributed by atoms with van der Waals surface area (Å²) >= 11 is 0. The van der Waals surface area contributed by atoms with E-state index in [-0.39, 0.29) is 24.7 Å². The molecule has 0 bridgehead atoms. The van der Waals surface area contributed by atoms with Crippen LogP contribution in [0.15, 0.2) is 41.3 Å². The Morgan fingerprint density at radius 1 is 1.15 bits per heavy atom. The lowest BCUT2D eigenvalue weighted by atomic mass is 9.98. The average Bonchev–Trinajstić information content (AvgIpc) is 3.72. The number of aromatic nitrogens is 8. The van der Waals surface area contributed by atoms with Gasteiger partial charge in [0, 0.05) is 55.8 Å². The van der Waals surface area contributed by atoms with Gasteiger partial charge < -0.3 is 19.4 Å². The smallest absolute Gasteiger partial charge is 0.318 e. The topological polar surface area (TPSA) is 150 Å². The molecular weight excluding hydrogens is 500 g/mol. The number of nitrogens with zero attached hydrogens (tertiary/aromatic N) is 9. The van der Waals surface area contributed by atoms with Crippen molar-refractivity contribution in [2.24, 2.45) is 5.41 Å². The van der Waals surface area contributed by atoms with Crippen molar-refractivity contribution in [3.05, 3.63) is 53.9 Å². The van der Waals surface area contributed by atoms with Crippen LogP contribution < -0.4 is 10.2 Å². The summed E-state index contributed by atoms with van der Waals surface area (Å²) in [4.78, 5) is 27.4. The van der Waals surface area contributed by atoms with Crippen LogP contribution >= 0.6 is 0 Å². The van der Waals surface area contributed by atoms with Gasteiger partial charge in [-0.05, 0) is 45.2 Å². The van der Waals surface area contributed by atoms with Crippen LogP contribution in [0.25, 0.3) is 11.5 Å². The first-order valence-electron chi connectivity index (χ1n) is 13.0. The van der Waals surface area contributed by atoms with Crippen LogP contribution in [0, 0.1) is 5.41 Å². The summed E-state index contributed by atoms with van der Waals surface area (Å²) < 4.78 is 12.8. The van der Waals surface area contributed by atoms with E-state index in [2.05, 4.69) is 46.8 Å². The summed E-state index contributed by atoms with van der Waals surface area (Å²) in [6, 6.07) is 4.74. The Balaban J connectivity index is 1.03. The molecular formula is C26H30N10O3. The van der Waals surface area contributed by atoms with Crippen LogP contribution in [0.4, 0.5) is 12.0 Å². The number of fused-ring (bicyclic) bond motifs is 1. The van der Waals surface area contributed by atoms with E-state index in [0.717, 1.165) is 37.2 Å². The normalized spacial score (nSPS) is 18.8. The summed E-state index contributed by atoms with van der Waals surface area (Å²) in [6.45, 7) is 6.88.